The Labute approximate surface area is 197 Å². The maximum Gasteiger partial charge on any atom is 0.414 e. The lowest BCUT2D eigenvalue weighted by Gasteiger charge is -2.27. The number of hydrogen-bond donors (Lipinski definition) is 0. The first kappa shape index (κ1) is 23.7. The molecule has 10 heteroatoms. The molecule has 182 valence electrons. The fourth-order valence-corrected chi connectivity index (χ4v) is 4.11. The first-order chi connectivity index (χ1) is 16.5. The Kier molecular flexibility index (Phi) is 7.46. The number of nitrogens with zero attached hydrogens (tertiary/aromatic N) is 4. The number of carbonyl (C=O) groups is 2. The lowest BCUT2D eigenvalue weighted by Crippen LogP contribution is -2.36. The number of aryl methyl sites for hydroxylation is 1. The lowest BCUT2D eigenvalue weighted by molar-refractivity contribution is 0.0125. The van der Waals surface area contributed by atoms with Gasteiger partial charge in [0.05, 0.1) is 30.9 Å². The molecule has 4 rings (SSSR count). The average Bonchev–Trinajstić information content (AvgIpc) is 3.44. The van der Waals surface area contributed by atoms with Crippen molar-refractivity contribution in [2.45, 2.75) is 45.6 Å². The standard InChI is InChI=1S/C24H30N4O6/c1-4-31-23(29)21-20(28(24(30)32-5-2)10-9-18-8-6-7-11-33-18)19-12-16(13-25-22(19)34-21)17-14-26-27(3)15-17/h12-15,18H,4-11H2,1-3H3. The number of esters is 1. The molecule has 3 aromatic rings. The highest BCUT2D eigenvalue weighted by Gasteiger charge is 2.32. The van der Waals surface area contributed by atoms with Crippen molar-refractivity contribution in [2.75, 3.05) is 31.3 Å². The lowest BCUT2D eigenvalue weighted by atomic mass is 10.1. The van der Waals surface area contributed by atoms with Crippen LogP contribution in [0.25, 0.3) is 22.2 Å². The Bertz CT molecular complexity index is 1150. The molecule has 10 nitrogen and oxygen atoms in total. The molecule has 4 heterocycles. The molecule has 1 unspecified atom stereocenters. The minimum Gasteiger partial charge on any atom is -0.460 e. The summed E-state index contributed by atoms with van der Waals surface area (Å²) in [5, 5.41) is 4.73. The van der Waals surface area contributed by atoms with E-state index in [2.05, 4.69) is 10.1 Å². The number of aromatic nitrogens is 3. The van der Waals surface area contributed by atoms with Crippen molar-refractivity contribution in [1.82, 2.24) is 14.8 Å². The summed E-state index contributed by atoms with van der Waals surface area (Å²) in [6, 6.07) is 1.84. The van der Waals surface area contributed by atoms with Crippen molar-refractivity contribution in [3.63, 3.8) is 0 Å². The zero-order valence-corrected chi connectivity index (χ0v) is 19.8. The van der Waals surface area contributed by atoms with Crippen molar-refractivity contribution in [3.8, 4) is 11.1 Å². The van der Waals surface area contributed by atoms with Gasteiger partial charge in [-0.1, -0.05) is 0 Å². The number of anilines is 1. The van der Waals surface area contributed by atoms with Crippen molar-refractivity contribution in [3.05, 3.63) is 30.4 Å². The van der Waals surface area contributed by atoms with E-state index in [9.17, 15) is 9.59 Å². The summed E-state index contributed by atoms with van der Waals surface area (Å²) < 4.78 is 23.9. The van der Waals surface area contributed by atoms with Crippen LogP contribution in [0.15, 0.2) is 29.1 Å². The largest absolute Gasteiger partial charge is 0.460 e. The van der Waals surface area contributed by atoms with E-state index in [-0.39, 0.29) is 30.8 Å². The van der Waals surface area contributed by atoms with E-state index >= 15 is 0 Å². The predicted octanol–water partition coefficient (Wildman–Crippen LogP) is 4.33. The molecule has 1 atom stereocenters. The number of amides is 1. The zero-order valence-electron chi connectivity index (χ0n) is 19.8. The second-order valence-corrected chi connectivity index (χ2v) is 8.11. The van der Waals surface area contributed by atoms with Gasteiger partial charge in [0.2, 0.25) is 11.5 Å². The summed E-state index contributed by atoms with van der Waals surface area (Å²) in [6.45, 7) is 4.81. The highest BCUT2D eigenvalue weighted by atomic mass is 16.6. The Morgan fingerprint density at radius 1 is 1.18 bits per heavy atom. The molecule has 3 aromatic heterocycles. The van der Waals surface area contributed by atoms with Gasteiger partial charge in [-0.05, 0) is 45.6 Å². The third-order valence-electron chi connectivity index (χ3n) is 5.73. The maximum atomic E-state index is 13.1. The predicted molar refractivity (Wildman–Crippen MR) is 125 cm³/mol. The van der Waals surface area contributed by atoms with Gasteiger partial charge >= 0.3 is 12.1 Å². The molecule has 0 radical (unpaired) electrons. The van der Waals surface area contributed by atoms with Gasteiger partial charge in [-0.15, -0.1) is 0 Å². The van der Waals surface area contributed by atoms with Gasteiger partial charge in [-0.2, -0.15) is 5.10 Å². The topological polar surface area (TPSA) is 109 Å². The zero-order chi connectivity index (χ0) is 24.1. The number of fused-ring (bicyclic) bond motifs is 1. The molecular weight excluding hydrogens is 440 g/mol. The third-order valence-corrected chi connectivity index (χ3v) is 5.73. The van der Waals surface area contributed by atoms with E-state index in [4.69, 9.17) is 18.6 Å². The van der Waals surface area contributed by atoms with Gasteiger partial charge in [-0.25, -0.2) is 14.6 Å². The summed E-state index contributed by atoms with van der Waals surface area (Å²) in [5.41, 5.74) is 2.15. The number of rotatable bonds is 8. The van der Waals surface area contributed by atoms with Gasteiger partial charge in [0, 0.05) is 43.7 Å². The molecular formula is C24H30N4O6. The minimum absolute atomic E-state index is 0.0407. The van der Waals surface area contributed by atoms with Crippen LogP contribution in [0.3, 0.4) is 0 Å². The Morgan fingerprint density at radius 3 is 2.68 bits per heavy atom. The number of pyridine rings is 1. The van der Waals surface area contributed by atoms with Crippen LogP contribution in [0.5, 0.6) is 0 Å². The summed E-state index contributed by atoms with van der Waals surface area (Å²) in [5.74, 6) is -0.744. The number of ether oxygens (including phenoxy) is 3. The number of furan rings is 1. The highest BCUT2D eigenvalue weighted by Crippen LogP contribution is 2.37. The van der Waals surface area contributed by atoms with E-state index in [1.165, 1.54) is 4.90 Å². The molecule has 1 aliphatic rings. The van der Waals surface area contributed by atoms with Crippen molar-refractivity contribution >= 4 is 28.8 Å². The van der Waals surface area contributed by atoms with Crippen molar-refractivity contribution in [1.29, 1.82) is 0 Å². The molecule has 0 aromatic carbocycles. The first-order valence-electron chi connectivity index (χ1n) is 11.7. The fraction of sp³-hybridized carbons (Fsp3) is 0.500. The van der Waals surface area contributed by atoms with Gasteiger partial charge < -0.3 is 18.6 Å². The van der Waals surface area contributed by atoms with E-state index in [1.807, 2.05) is 19.3 Å². The van der Waals surface area contributed by atoms with Gasteiger partial charge in [0.15, 0.2) is 0 Å². The smallest absolute Gasteiger partial charge is 0.414 e. The van der Waals surface area contributed by atoms with Gasteiger partial charge in [0.25, 0.3) is 0 Å². The van der Waals surface area contributed by atoms with Gasteiger partial charge in [0.1, 0.15) is 5.69 Å². The minimum atomic E-state index is -0.665. The highest BCUT2D eigenvalue weighted by molar-refractivity contribution is 6.09. The number of carbonyl (C=O) groups excluding carboxylic acids is 2. The van der Waals surface area contributed by atoms with Crippen LogP contribution in [0.4, 0.5) is 10.5 Å². The van der Waals surface area contributed by atoms with Crippen molar-refractivity contribution < 1.29 is 28.2 Å². The molecule has 1 fully saturated rings. The van der Waals surface area contributed by atoms with E-state index in [0.29, 0.717) is 30.6 Å². The SMILES string of the molecule is CCOC(=O)c1oc2ncc(-c3cnn(C)c3)cc2c1N(CCC1CCCCO1)C(=O)OCC. The monoisotopic (exact) mass is 470 g/mol. The molecule has 0 aliphatic carbocycles. The van der Waals surface area contributed by atoms with E-state index in [0.717, 1.165) is 30.4 Å². The quantitative estimate of drug-likeness (QED) is 0.448. The van der Waals surface area contributed by atoms with Crippen LogP contribution >= 0.6 is 0 Å². The van der Waals surface area contributed by atoms with Gasteiger partial charge in [-0.3, -0.25) is 9.58 Å². The molecule has 34 heavy (non-hydrogen) atoms. The Morgan fingerprint density at radius 2 is 2.00 bits per heavy atom. The Hall–Kier alpha value is -3.40. The van der Waals surface area contributed by atoms with Crippen LogP contribution in [0, 0.1) is 0 Å². The average molecular weight is 471 g/mol. The molecule has 1 saturated heterocycles. The van der Waals surface area contributed by atoms with Crippen LogP contribution in [-0.2, 0) is 21.3 Å². The summed E-state index contributed by atoms with van der Waals surface area (Å²) in [6.07, 6.45) is 8.36. The van der Waals surface area contributed by atoms with Crippen LogP contribution in [0.1, 0.15) is 50.1 Å². The molecule has 1 amide bonds. The molecule has 0 bridgehead atoms. The second-order valence-electron chi connectivity index (χ2n) is 8.11. The molecule has 0 N–H and O–H groups in total. The second kappa shape index (κ2) is 10.7. The summed E-state index contributed by atoms with van der Waals surface area (Å²) in [7, 11) is 1.83. The Balaban J connectivity index is 1.79. The maximum absolute atomic E-state index is 13.1. The van der Waals surface area contributed by atoms with Crippen LogP contribution < -0.4 is 4.90 Å². The van der Waals surface area contributed by atoms with Crippen LogP contribution in [0.2, 0.25) is 0 Å². The molecule has 1 aliphatic heterocycles. The van der Waals surface area contributed by atoms with Crippen LogP contribution in [-0.4, -0.2) is 59.3 Å². The normalized spacial score (nSPS) is 15.9. The van der Waals surface area contributed by atoms with E-state index in [1.54, 1.807) is 30.9 Å². The first-order valence-corrected chi connectivity index (χ1v) is 11.7. The molecule has 0 spiro atoms. The fourth-order valence-electron chi connectivity index (χ4n) is 4.11. The third kappa shape index (κ3) is 5.06. The number of hydrogen-bond acceptors (Lipinski definition) is 8. The summed E-state index contributed by atoms with van der Waals surface area (Å²) >= 11 is 0. The summed E-state index contributed by atoms with van der Waals surface area (Å²) in [4.78, 5) is 31.8. The van der Waals surface area contributed by atoms with Crippen molar-refractivity contribution in [2.24, 2.45) is 7.05 Å². The van der Waals surface area contributed by atoms with E-state index < -0.39 is 12.1 Å². The molecule has 0 saturated carbocycles.